The van der Waals surface area contributed by atoms with Gasteiger partial charge >= 0.3 is 0 Å². The lowest BCUT2D eigenvalue weighted by molar-refractivity contribution is -0.0369. The minimum atomic E-state index is 0.247. The zero-order valence-corrected chi connectivity index (χ0v) is 8.09. The average Bonchev–Trinajstić information content (AvgIpc) is 2.30. The van der Waals surface area contributed by atoms with Crippen LogP contribution in [0.25, 0.3) is 0 Å². The maximum absolute atomic E-state index is 5.76. The summed E-state index contributed by atoms with van der Waals surface area (Å²) in [4.78, 5) is 6.47. The van der Waals surface area contributed by atoms with Gasteiger partial charge in [-0.1, -0.05) is 13.8 Å². The number of aliphatic imine (C=N–C) groups is 1. The summed E-state index contributed by atoms with van der Waals surface area (Å²) in [5, 5.41) is 0. The molecule has 3 nitrogen and oxygen atoms in total. The van der Waals surface area contributed by atoms with E-state index in [1.807, 2.05) is 0 Å². The lowest BCUT2D eigenvalue weighted by Gasteiger charge is -2.57. The number of guanidine groups is 1. The van der Waals surface area contributed by atoms with Crippen molar-refractivity contribution >= 4 is 5.96 Å². The van der Waals surface area contributed by atoms with Crippen molar-refractivity contribution in [3.8, 4) is 0 Å². The summed E-state index contributed by atoms with van der Waals surface area (Å²) in [5.74, 6) is 0.711. The Morgan fingerprint density at radius 1 is 1.42 bits per heavy atom. The third-order valence-corrected chi connectivity index (χ3v) is 3.91. The van der Waals surface area contributed by atoms with Crippen LogP contribution in [0.1, 0.15) is 26.7 Å². The van der Waals surface area contributed by atoms with Crippen molar-refractivity contribution in [3.63, 3.8) is 0 Å². The number of nitrogens with two attached hydrogens (primary N) is 1. The molecule has 0 amide bonds. The Balaban J connectivity index is 2.27. The molecule has 3 heteroatoms. The first-order valence-electron chi connectivity index (χ1n) is 4.53. The zero-order chi connectivity index (χ0) is 8.98. The van der Waals surface area contributed by atoms with E-state index in [1.165, 1.54) is 12.8 Å². The highest BCUT2D eigenvalue weighted by Crippen LogP contribution is 2.54. The molecule has 1 saturated carbocycles. The Morgan fingerprint density at radius 2 is 2.08 bits per heavy atom. The molecule has 1 unspecified atom stereocenters. The monoisotopic (exact) mass is 167 g/mol. The molecule has 1 aliphatic heterocycles. The highest BCUT2D eigenvalue weighted by molar-refractivity contribution is 5.81. The van der Waals surface area contributed by atoms with Gasteiger partial charge < -0.3 is 10.6 Å². The predicted octanol–water partition coefficient (Wildman–Crippen LogP) is 0.805. The number of hydrogen-bond acceptors (Lipinski definition) is 3. The van der Waals surface area contributed by atoms with Gasteiger partial charge in [-0.3, -0.25) is 4.99 Å². The average molecular weight is 167 g/mol. The van der Waals surface area contributed by atoms with Crippen molar-refractivity contribution in [2.75, 3.05) is 13.6 Å². The molecule has 0 radical (unpaired) electrons. The molecule has 1 atom stereocenters. The van der Waals surface area contributed by atoms with E-state index in [0.29, 0.717) is 11.4 Å². The summed E-state index contributed by atoms with van der Waals surface area (Å²) < 4.78 is 0. The van der Waals surface area contributed by atoms with Gasteiger partial charge in [-0.2, -0.15) is 0 Å². The molecule has 1 heterocycles. The van der Waals surface area contributed by atoms with Crippen LogP contribution in [-0.2, 0) is 0 Å². The van der Waals surface area contributed by atoms with E-state index in [4.69, 9.17) is 5.73 Å². The molecule has 2 N–H and O–H groups in total. The van der Waals surface area contributed by atoms with Crippen LogP contribution in [0.5, 0.6) is 0 Å². The molecule has 0 aromatic rings. The van der Waals surface area contributed by atoms with Gasteiger partial charge in [-0.25, -0.2) is 0 Å². The molecule has 0 aromatic carbocycles. The van der Waals surface area contributed by atoms with Gasteiger partial charge in [0.15, 0.2) is 5.96 Å². The summed E-state index contributed by atoms with van der Waals surface area (Å²) in [7, 11) is 2.06. The molecule has 12 heavy (non-hydrogen) atoms. The Kier molecular flexibility index (Phi) is 1.28. The maximum Gasteiger partial charge on any atom is 0.191 e. The molecular weight excluding hydrogens is 150 g/mol. The number of rotatable bonds is 0. The number of hydrogen-bond donors (Lipinski definition) is 1. The second kappa shape index (κ2) is 1.95. The SMILES string of the molecule is CN1C(N)=NCC12CCC2(C)C. The Bertz CT molecular complexity index is 244. The molecule has 0 saturated heterocycles. The third-order valence-electron chi connectivity index (χ3n) is 3.91. The van der Waals surface area contributed by atoms with Gasteiger partial charge in [0, 0.05) is 7.05 Å². The van der Waals surface area contributed by atoms with Gasteiger partial charge in [0.1, 0.15) is 0 Å². The van der Waals surface area contributed by atoms with E-state index < -0.39 is 0 Å². The molecule has 1 fully saturated rings. The summed E-state index contributed by atoms with van der Waals surface area (Å²) >= 11 is 0. The second-order valence-electron chi connectivity index (χ2n) is 4.65. The Labute approximate surface area is 73.6 Å². The first kappa shape index (κ1) is 7.90. The molecule has 1 aliphatic carbocycles. The summed E-state index contributed by atoms with van der Waals surface area (Å²) in [5.41, 5.74) is 6.39. The molecule has 2 aliphatic rings. The summed E-state index contributed by atoms with van der Waals surface area (Å²) in [6.45, 7) is 5.50. The van der Waals surface area contributed by atoms with Crippen molar-refractivity contribution in [1.82, 2.24) is 4.90 Å². The largest absolute Gasteiger partial charge is 0.370 e. The first-order valence-corrected chi connectivity index (χ1v) is 4.53. The fourth-order valence-corrected chi connectivity index (χ4v) is 2.47. The molecular formula is C9H17N3. The van der Waals surface area contributed by atoms with Crippen LogP contribution in [0.2, 0.25) is 0 Å². The van der Waals surface area contributed by atoms with Gasteiger partial charge in [0.25, 0.3) is 0 Å². The van der Waals surface area contributed by atoms with Gasteiger partial charge in [-0.15, -0.1) is 0 Å². The topological polar surface area (TPSA) is 41.6 Å². The van der Waals surface area contributed by atoms with E-state index in [0.717, 1.165) is 6.54 Å². The van der Waals surface area contributed by atoms with E-state index in [2.05, 4.69) is 30.8 Å². The highest BCUT2D eigenvalue weighted by atomic mass is 15.4. The molecule has 1 spiro atoms. The lowest BCUT2D eigenvalue weighted by Crippen LogP contribution is -2.64. The van der Waals surface area contributed by atoms with Crippen molar-refractivity contribution in [2.24, 2.45) is 16.1 Å². The third kappa shape index (κ3) is 0.648. The quantitative estimate of drug-likeness (QED) is 0.580. The summed E-state index contributed by atoms with van der Waals surface area (Å²) in [6.07, 6.45) is 2.53. The van der Waals surface area contributed by atoms with Crippen molar-refractivity contribution < 1.29 is 0 Å². The van der Waals surface area contributed by atoms with Gasteiger partial charge in [0.2, 0.25) is 0 Å². The van der Waals surface area contributed by atoms with Crippen LogP contribution in [0, 0.1) is 5.41 Å². The number of likely N-dealkylation sites (N-methyl/N-ethyl adjacent to an activating group) is 1. The molecule has 68 valence electrons. The van der Waals surface area contributed by atoms with Crippen LogP contribution in [0.3, 0.4) is 0 Å². The lowest BCUT2D eigenvalue weighted by atomic mass is 9.56. The Morgan fingerprint density at radius 3 is 2.25 bits per heavy atom. The molecule has 2 rings (SSSR count). The van der Waals surface area contributed by atoms with E-state index in [9.17, 15) is 0 Å². The number of nitrogens with zero attached hydrogens (tertiary/aromatic N) is 2. The minimum Gasteiger partial charge on any atom is -0.370 e. The van der Waals surface area contributed by atoms with Crippen LogP contribution >= 0.6 is 0 Å². The maximum atomic E-state index is 5.76. The van der Waals surface area contributed by atoms with Gasteiger partial charge in [-0.05, 0) is 18.3 Å². The normalized spacial score (nSPS) is 38.2. The predicted molar refractivity (Wildman–Crippen MR) is 50.0 cm³/mol. The minimum absolute atomic E-state index is 0.247. The van der Waals surface area contributed by atoms with E-state index >= 15 is 0 Å². The van der Waals surface area contributed by atoms with Crippen molar-refractivity contribution in [3.05, 3.63) is 0 Å². The Hall–Kier alpha value is -0.730. The van der Waals surface area contributed by atoms with Crippen LogP contribution in [0.15, 0.2) is 4.99 Å². The van der Waals surface area contributed by atoms with Crippen LogP contribution in [-0.4, -0.2) is 30.0 Å². The zero-order valence-electron chi connectivity index (χ0n) is 8.09. The second-order valence-corrected chi connectivity index (χ2v) is 4.65. The fraction of sp³-hybridized carbons (Fsp3) is 0.889. The van der Waals surface area contributed by atoms with Crippen LogP contribution in [0.4, 0.5) is 0 Å². The fourth-order valence-electron chi connectivity index (χ4n) is 2.47. The van der Waals surface area contributed by atoms with Crippen LogP contribution < -0.4 is 5.73 Å². The standard InChI is InChI=1S/C9H17N3/c1-8(2)4-5-9(8)6-11-7(10)12(9)3/h4-6H2,1-3H3,(H2,10,11). The van der Waals surface area contributed by atoms with Crippen molar-refractivity contribution in [2.45, 2.75) is 32.2 Å². The molecule has 0 bridgehead atoms. The summed E-state index contributed by atoms with van der Waals surface area (Å²) in [6, 6.07) is 0. The molecule has 0 aromatic heterocycles. The van der Waals surface area contributed by atoms with E-state index in [1.54, 1.807) is 0 Å². The van der Waals surface area contributed by atoms with Crippen molar-refractivity contribution in [1.29, 1.82) is 0 Å². The highest BCUT2D eigenvalue weighted by Gasteiger charge is 2.58. The van der Waals surface area contributed by atoms with Gasteiger partial charge in [0.05, 0.1) is 12.1 Å². The first-order chi connectivity index (χ1) is 5.50. The smallest absolute Gasteiger partial charge is 0.191 e. The van der Waals surface area contributed by atoms with E-state index in [-0.39, 0.29) is 5.54 Å².